The zero-order valence-corrected chi connectivity index (χ0v) is 6.95. The van der Waals surface area contributed by atoms with Gasteiger partial charge in [0.2, 0.25) is 0 Å². The summed E-state index contributed by atoms with van der Waals surface area (Å²) in [6.45, 7) is 0. The Hall–Kier alpha value is -1.28. The molecule has 0 bridgehead atoms. The molecule has 2 heterocycles. The lowest BCUT2D eigenvalue weighted by Crippen LogP contribution is -2.10. The van der Waals surface area contributed by atoms with E-state index >= 15 is 0 Å². The van der Waals surface area contributed by atoms with Gasteiger partial charge >= 0.3 is 0 Å². The number of pyridine rings is 2. The van der Waals surface area contributed by atoms with E-state index in [0.717, 1.165) is 5.52 Å². The van der Waals surface area contributed by atoms with Crippen molar-refractivity contribution in [2.75, 3.05) is 0 Å². The number of hydrogen-bond donors (Lipinski definition) is 0. The highest BCUT2D eigenvalue weighted by molar-refractivity contribution is 6.30. The van der Waals surface area contributed by atoms with E-state index in [4.69, 9.17) is 11.6 Å². The van der Waals surface area contributed by atoms with Crippen LogP contribution in [-0.4, -0.2) is 4.40 Å². The lowest BCUT2D eigenvalue weighted by Gasteiger charge is -1.98. The van der Waals surface area contributed by atoms with E-state index in [1.807, 2.05) is 12.1 Å². The van der Waals surface area contributed by atoms with Crippen molar-refractivity contribution in [2.45, 2.75) is 0 Å². The van der Waals surface area contributed by atoms with Gasteiger partial charge in [0, 0.05) is 17.8 Å². The minimum Gasteiger partial charge on any atom is -0.283 e. The molecule has 0 aliphatic heterocycles. The highest BCUT2D eigenvalue weighted by Gasteiger charge is 1.93. The lowest BCUT2D eigenvalue weighted by atomic mass is 10.3. The van der Waals surface area contributed by atoms with Gasteiger partial charge < -0.3 is 0 Å². The molecule has 2 aromatic heterocycles. The van der Waals surface area contributed by atoms with Gasteiger partial charge in [-0.25, -0.2) is 0 Å². The van der Waals surface area contributed by atoms with Crippen molar-refractivity contribution in [3.63, 3.8) is 0 Å². The molecule has 0 aliphatic rings. The Kier molecular flexibility index (Phi) is 1.62. The minimum atomic E-state index is -0.0602. The molecule has 0 spiro atoms. The molecular weight excluding hydrogens is 174 g/mol. The van der Waals surface area contributed by atoms with Crippen LogP contribution in [-0.2, 0) is 0 Å². The predicted octanol–water partition coefficient (Wildman–Crippen LogP) is 1.95. The van der Waals surface area contributed by atoms with Gasteiger partial charge in [0.05, 0.1) is 5.02 Å². The van der Waals surface area contributed by atoms with Crippen LogP contribution in [0.2, 0.25) is 5.02 Å². The second-order valence-corrected chi connectivity index (χ2v) is 2.94. The second kappa shape index (κ2) is 2.64. The van der Waals surface area contributed by atoms with Crippen LogP contribution in [0.15, 0.2) is 41.3 Å². The molecule has 12 heavy (non-hydrogen) atoms. The molecule has 0 amide bonds. The molecule has 0 radical (unpaired) electrons. The second-order valence-electron chi connectivity index (χ2n) is 2.51. The normalized spacial score (nSPS) is 10.4. The van der Waals surface area contributed by atoms with Gasteiger partial charge in [0.1, 0.15) is 0 Å². The van der Waals surface area contributed by atoms with E-state index < -0.39 is 0 Å². The van der Waals surface area contributed by atoms with Gasteiger partial charge in [-0.05, 0) is 18.2 Å². The summed E-state index contributed by atoms with van der Waals surface area (Å²) < 4.78 is 1.52. The molecule has 0 aliphatic carbocycles. The molecule has 0 saturated carbocycles. The highest BCUT2D eigenvalue weighted by Crippen LogP contribution is 2.08. The van der Waals surface area contributed by atoms with Gasteiger partial charge in [0.15, 0.2) is 0 Å². The van der Waals surface area contributed by atoms with Crippen molar-refractivity contribution in [1.29, 1.82) is 0 Å². The summed E-state index contributed by atoms with van der Waals surface area (Å²) in [6, 6.07) is 8.66. The average Bonchev–Trinajstić information content (AvgIpc) is 2.07. The van der Waals surface area contributed by atoms with Gasteiger partial charge in [-0.2, -0.15) is 0 Å². The first-order valence-corrected chi connectivity index (χ1v) is 3.92. The van der Waals surface area contributed by atoms with Gasteiger partial charge in [-0.15, -0.1) is 0 Å². The van der Waals surface area contributed by atoms with Crippen molar-refractivity contribution < 1.29 is 0 Å². The Morgan fingerprint density at radius 2 is 2.00 bits per heavy atom. The van der Waals surface area contributed by atoms with Crippen LogP contribution in [0.5, 0.6) is 0 Å². The summed E-state index contributed by atoms with van der Waals surface area (Å²) in [5.74, 6) is 0. The zero-order chi connectivity index (χ0) is 8.55. The third-order valence-electron chi connectivity index (χ3n) is 1.69. The molecule has 0 unspecified atom stereocenters. The lowest BCUT2D eigenvalue weighted by molar-refractivity contribution is 1.10. The molecule has 0 atom stereocenters. The minimum absolute atomic E-state index is 0.0602. The third-order valence-corrected chi connectivity index (χ3v) is 1.91. The van der Waals surface area contributed by atoms with Crippen molar-refractivity contribution >= 4 is 17.1 Å². The van der Waals surface area contributed by atoms with Gasteiger partial charge in [-0.1, -0.05) is 17.7 Å². The number of halogens is 1. The maximum Gasteiger partial charge on any atom is 0.255 e. The maximum atomic E-state index is 11.2. The molecule has 60 valence electrons. The fourth-order valence-corrected chi connectivity index (χ4v) is 1.28. The Morgan fingerprint density at radius 1 is 1.17 bits per heavy atom. The monoisotopic (exact) mass is 179 g/mol. The zero-order valence-electron chi connectivity index (χ0n) is 6.20. The summed E-state index contributed by atoms with van der Waals surface area (Å²) in [7, 11) is 0. The van der Waals surface area contributed by atoms with Crippen molar-refractivity contribution in [3.8, 4) is 0 Å². The molecule has 0 saturated heterocycles. The van der Waals surface area contributed by atoms with E-state index in [1.54, 1.807) is 18.3 Å². The quantitative estimate of drug-likeness (QED) is 0.606. The van der Waals surface area contributed by atoms with Crippen LogP contribution < -0.4 is 5.56 Å². The highest BCUT2D eigenvalue weighted by atomic mass is 35.5. The predicted molar refractivity (Wildman–Crippen MR) is 48.7 cm³/mol. The largest absolute Gasteiger partial charge is 0.283 e. The molecule has 0 aromatic carbocycles. The molecule has 2 aromatic rings. The van der Waals surface area contributed by atoms with Crippen LogP contribution >= 0.6 is 11.6 Å². The van der Waals surface area contributed by atoms with Crippen molar-refractivity contribution in [1.82, 2.24) is 4.40 Å². The van der Waals surface area contributed by atoms with Crippen LogP contribution in [0, 0.1) is 0 Å². The number of nitrogens with zero attached hydrogens (tertiary/aromatic N) is 1. The molecule has 3 heteroatoms. The maximum absolute atomic E-state index is 11.2. The Morgan fingerprint density at radius 3 is 2.83 bits per heavy atom. The van der Waals surface area contributed by atoms with Crippen LogP contribution in [0.25, 0.3) is 5.52 Å². The Balaban J connectivity index is 2.98. The third kappa shape index (κ3) is 1.10. The van der Waals surface area contributed by atoms with E-state index in [-0.39, 0.29) is 5.56 Å². The fourth-order valence-electron chi connectivity index (χ4n) is 1.12. The van der Waals surface area contributed by atoms with E-state index in [0.29, 0.717) is 5.02 Å². The molecule has 0 N–H and O–H groups in total. The summed E-state index contributed by atoms with van der Waals surface area (Å²) in [5.41, 5.74) is 0.793. The van der Waals surface area contributed by atoms with Crippen LogP contribution in [0.3, 0.4) is 0 Å². The van der Waals surface area contributed by atoms with Gasteiger partial charge in [0.25, 0.3) is 5.56 Å². The summed E-state index contributed by atoms with van der Waals surface area (Å²) in [4.78, 5) is 11.2. The Bertz CT molecular complexity index is 475. The van der Waals surface area contributed by atoms with Crippen LogP contribution in [0.1, 0.15) is 0 Å². The average molecular weight is 180 g/mol. The Labute approximate surface area is 74.0 Å². The molecule has 0 fully saturated rings. The number of aromatic nitrogens is 1. The molecular formula is C9H6ClNO. The number of fused-ring (bicyclic) bond motifs is 1. The summed E-state index contributed by atoms with van der Waals surface area (Å²) >= 11 is 5.73. The van der Waals surface area contributed by atoms with Crippen LogP contribution in [0.4, 0.5) is 0 Å². The molecule has 2 rings (SSSR count). The fraction of sp³-hybridized carbons (Fsp3) is 0. The summed E-state index contributed by atoms with van der Waals surface area (Å²) in [5, 5.41) is 0.566. The smallest absolute Gasteiger partial charge is 0.255 e. The first-order chi connectivity index (χ1) is 5.77. The summed E-state index contributed by atoms with van der Waals surface area (Å²) in [6.07, 6.45) is 1.61. The van der Waals surface area contributed by atoms with Crippen molar-refractivity contribution in [3.05, 3.63) is 51.9 Å². The topological polar surface area (TPSA) is 21.5 Å². The first-order valence-electron chi connectivity index (χ1n) is 3.54. The number of rotatable bonds is 0. The van der Waals surface area contributed by atoms with Crippen molar-refractivity contribution in [2.24, 2.45) is 0 Å². The van der Waals surface area contributed by atoms with E-state index in [2.05, 4.69) is 0 Å². The number of hydrogen-bond acceptors (Lipinski definition) is 1. The van der Waals surface area contributed by atoms with Gasteiger partial charge in [-0.3, -0.25) is 9.20 Å². The molecule has 2 nitrogen and oxygen atoms in total. The van der Waals surface area contributed by atoms with E-state index in [1.165, 1.54) is 10.5 Å². The van der Waals surface area contributed by atoms with E-state index in [9.17, 15) is 4.79 Å². The standard InChI is InChI=1S/C9H6ClNO/c10-7-4-5-8-2-1-3-9(12)11(8)6-7/h1-6H. The first kappa shape index (κ1) is 7.37. The SMILES string of the molecule is O=c1cccc2ccc(Cl)cn12.